The molecular weight excluding hydrogens is 230 g/mol. The van der Waals surface area contributed by atoms with Gasteiger partial charge < -0.3 is 20.7 Å². The highest BCUT2D eigenvalue weighted by Gasteiger charge is 1.91. The minimum Gasteiger partial charge on any atom is -0.378 e. The van der Waals surface area contributed by atoms with Crippen LogP contribution in [0.1, 0.15) is 34.1 Å². The van der Waals surface area contributed by atoms with Gasteiger partial charge in [-0.25, -0.2) is 0 Å². The van der Waals surface area contributed by atoms with Gasteiger partial charge in [0.2, 0.25) is 6.41 Å². The highest BCUT2D eigenvalue weighted by Crippen LogP contribution is 1.74. The molecule has 0 saturated heterocycles. The summed E-state index contributed by atoms with van der Waals surface area (Å²) >= 11 is 0. The maximum Gasteiger partial charge on any atom is 0.207 e. The van der Waals surface area contributed by atoms with Crippen molar-refractivity contribution >= 4 is 6.41 Å². The third-order valence-electron chi connectivity index (χ3n) is 1.75. The van der Waals surface area contributed by atoms with Gasteiger partial charge in [0.1, 0.15) is 0 Å². The number of hydrogen-bond acceptors (Lipinski definition) is 4. The van der Waals surface area contributed by atoms with Crippen molar-refractivity contribution in [2.45, 2.75) is 40.2 Å². The molecule has 0 aliphatic rings. The Hall–Kier alpha value is -0.650. The fourth-order valence-corrected chi connectivity index (χ4v) is 1.01. The predicted octanol–water partition coefficient (Wildman–Crippen LogP) is 0.753. The average molecular weight is 261 g/mol. The van der Waals surface area contributed by atoms with Crippen molar-refractivity contribution in [3.8, 4) is 0 Å². The zero-order valence-corrected chi connectivity index (χ0v) is 12.4. The molecule has 0 saturated carbocycles. The zero-order chi connectivity index (χ0) is 14.1. The second-order valence-electron chi connectivity index (χ2n) is 4.25. The summed E-state index contributed by atoms with van der Waals surface area (Å²) in [7, 11) is 0. The van der Waals surface area contributed by atoms with Gasteiger partial charge in [0.25, 0.3) is 0 Å². The molecule has 0 atom stereocenters. The van der Waals surface area contributed by atoms with E-state index in [9.17, 15) is 4.79 Å². The van der Waals surface area contributed by atoms with Gasteiger partial charge in [0.15, 0.2) is 0 Å². The monoisotopic (exact) mass is 261 g/mol. The molecule has 0 radical (unpaired) electrons. The Kier molecular flexibility index (Phi) is 20.5. The standard InChI is InChI=1S/C10H23N3O2.C3H8/c1-10(2)13-4-3-11-5-7-15-8-6-12-9-14;1-3-2/h9-11,13H,3-8H2,1-2H3,(H,12,14);3H2,1-2H3. The first-order valence-electron chi connectivity index (χ1n) is 6.87. The van der Waals surface area contributed by atoms with Crippen LogP contribution in [0.4, 0.5) is 0 Å². The summed E-state index contributed by atoms with van der Waals surface area (Å²) in [6.07, 6.45) is 1.93. The smallest absolute Gasteiger partial charge is 0.207 e. The summed E-state index contributed by atoms with van der Waals surface area (Å²) in [6, 6.07) is 0.539. The molecule has 0 aromatic carbocycles. The summed E-state index contributed by atoms with van der Waals surface area (Å²) in [5.41, 5.74) is 0. The van der Waals surface area contributed by atoms with Gasteiger partial charge in [0, 0.05) is 32.2 Å². The number of amides is 1. The topological polar surface area (TPSA) is 62.4 Å². The third kappa shape index (κ3) is 24.5. The predicted molar refractivity (Wildman–Crippen MR) is 76.9 cm³/mol. The van der Waals surface area contributed by atoms with Gasteiger partial charge in [-0.05, 0) is 0 Å². The summed E-state index contributed by atoms with van der Waals surface area (Å²) in [4.78, 5) is 9.88. The highest BCUT2D eigenvalue weighted by molar-refractivity contribution is 5.45. The van der Waals surface area contributed by atoms with Crippen LogP contribution in [0.3, 0.4) is 0 Å². The number of hydrogen-bond donors (Lipinski definition) is 3. The van der Waals surface area contributed by atoms with E-state index in [1.807, 2.05) is 0 Å². The fourth-order valence-electron chi connectivity index (χ4n) is 1.01. The van der Waals surface area contributed by atoms with E-state index in [4.69, 9.17) is 4.74 Å². The van der Waals surface area contributed by atoms with Gasteiger partial charge >= 0.3 is 0 Å². The van der Waals surface area contributed by atoms with Gasteiger partial charge in [-0.15, -0.1) is 0 Å². The molecule has 0 unspecified atom stereocenters. The van der Waals surface area contributed by atoms with E-state index in [1.165, 1.54) is 6.42 Å². The maximum absolute atomic E-state index is 9.88. The second-order valence-corrected chi connectivity index (χ2v) is 4.25. The van der Waals surface area contributed by atoms with Crippen LogP contribution >= 0.6 is 0 Å². The lowest BCUT2D eigenvalue weighted by atomic mass is 10.4. The Bertz CT molecular complexity index is 155. The van der Waals surface area contributed by atoms with E-state index in [2.05, 4.69) is 43.6 Å². The Morgan fingerprint density at radius 1 is 1.06 bits per heavy atom. The summed E-state index contributed by atoms with van der Waals surface area (Å²) in [5, 5.41) is 9.10. The lowest BCUT2D eigenvalue weighted by molar-refractivity contribution is -0.109. The van der Waals surface area contributed by atoms with Crippen molar-refractivity contribution in [3.05, 3.63) is 0 Å². The van der Waals surface area contributed by atoms with Crippen LogP contribution in [0.25, 0.3) is 0 Å². The largest absolute Gasteiger partial charge is 0.378 e. The second kappa shape index (κ2) is 18.7. The van der Waals surface area contributed by atoms with E-state index in [1.54, 1.807) is 0 Å². The molecular formula is C13H31N3O2. The molecule has 3 N–H and O–H groups in total. The Morgan fingerprint density at radius 3 is 2.22 bits per heavy atom. The normalized spacial score (nSPS) is 9.83. The first-order valence-corrected chi connectivity index (χ1v) is 6.87. The minimum absolute atomic E-state index is 0.539. The lowest BCUT2D eigenvalue weighted by Gasteiger charge is -2.09. The minimum atomic E-state index is 0.539. The van der Waals surface area contributed by atoms with Crippen molar-refractivity contribution in [2.75, 3.05) is 39.4 Å². The molecule has 0 aliphatic carbocycles. The number of carbonyl (C=O) groups excluding carboxylic acids is 1. The van der Waals surface area contributed by atoms with Crippen LogP contribution in [-0.4, -0.2) is 51.8 Å². The fraction of sp³-hybridized carbons (Fsp3) is 0.923. The van der Waals surface area contributed by atoms with Crippen LogP contribution < -0.4 is 16.0 Å². The molecule has 110 valence electrons. The number of nitrogens with one attached hydrogen (secondary N) is 3. The highest BCUT2D eigenvalue weighted by atomic mass is 16.5. The molecule has 1 amide bonds. The average Bonchev–Trinajstić information content (AvgIpc) is 2.32. The van der Waals surface area contributed by atoms with Crippen molar-refractivity contribution in [3.63, 3.8) is 0 Å². The number of carbonyl (C=O) groups is 1. The maximum atomic E-state index is 9.88. The lowest BCUT2D eigenvalue weighted by Crippen LogP contribution is -2.33. The SMILES string of the molecule is CC(C)NCCNCCOCCNC=O.CCC. The van der Waals surface area contributed by atoms with Crippen molar-refractivity contribution < 1.29 is 9.53 Å². The van der Waals surface area contributed by atoms with E-state index < -0.39 is 0 Å². The molecule has 0 rings (SSSR count). The molecule has 5 heteroatoms. The van der Waals surface area contributed by atoms with Crippen LogP contribution in [0, 0.1) is 0 Å². The van der Waals surface area contributed by atoms with Crippen LogP contribution in [-0.2, 0) is 9.53 Å². The molecule has 5 nitrogen and oxygen atoms in total. The number of rotatable bonds is 11. The summed E-state index contributed by atoms with van der Waals surface area (Å²) in [5.74, 6) is 0. The van der Waals surface area contributed by atoms with E-state index in [0.29, 0.717) is 32.2 Å². The van der Waals surface area contributed by atoms with Crippen molar-refractivity contribution in [1.29, 1.82) is 0 Å². The molecule has 0 heterocycles. The Balaban J connectivity index is 0. The van der Waals surface area contributed by atoms with Crippen LogP contribution in [0.5, 0.6) is 0 Å². The Labute approximate surface area is 112 Å². The van der Waals surface area contributed by atoms with Crippen molar-refractivity contribution in [1.82, 2.24) is 16.0 Å². The van der Waals surface area contributed by atoms with Crippen molar-refractivity contribution in [2.24, 2.45) is 0 Å². The molecule has 0 aliphatic heterocycles. The number of ether oxygens (including phenoxy) is 1. The first-order chi connectivity index (χ1) is 8.68. The molecule has 0 aromatic rings. The summed E-state index contributed by atoms with van der Waals surface area (Å²) < 4.78 is 5.26. The van der Waals surface area contributed by atoms with Crippen LogP contribution in [0.15, 0.2) is 0 Å². The van der Waals surface area contributed by atoms with Gasteiger partial charge in [-0.3, -0.25) is 4.79 Å². The first kappa shape index (κ1) is 19.7. The zero-order valence-electron chi connectivity index (χ0n) is 12.4. The van der Waals surface area contributed by atoms with Gasteiger partial charge in [0.05, 0.1) is 13.2 Å². The molecule has 0 fully saturated rings. The third-order valence-corrected chi connectivity index (χ3v) is 1.75. The van der Waals surface area contributed by atoms with Crippen LogP contribution in [0.2, 0.25) is 0 Å². The van der Waals surface area contributed by atoms with E-state index >= 15 is 0 Å². The molecule has 18 heavy (non-hydrogen) atoms. The Morgan fingerprint density at radius 2 is 1.67 bits per heavy atom. The molecule has 0 aromatic heterocycles. The molecule has 0 bridgehead atoms. The quantitative estimate of drug-likeness (QED) is 0.379. The van der Waals surface area contributed by atoms with E-state index in [-0.39, 0.29) is 0 Å². The van der Waals surface area contributed by atoms with Gasteiger partial charge in [-0.1, -0.05) is 34.1 Å². The van der Waals surface area contributed by atoms with Gasteiger partial charge in [-0.2, -0.15) is 0 Å². The summed E-state index contributed by atoms with van der Waals surface area (Å²) in [6.45, 7) is 13.1. The van der Waals surface area contributed by atoms with E-state index in [0.717, 1.165) is 19.6 Å². The molecule has 0 spiro atoms.